The first kappa shape index (κ1) is 16.0. The van der Waals surface area contributed by atoms with Crippen LogP contribution in [0, 0.1) is 6.92 Å². The van der Waals surface area contributed by atoms with Crippen molar-refractivity contribution in [1.29, 1.82) is 0 Å². The maximum atomic E-state index is 12.1. The number of aliphatic carboxylic acids is 1. The number of aryl methyl sites for hydroxylation is 1. The molecule has 1 aromatic rings. The number of ether oxygens (including phenoxy) is 1. The Kier molecular flexibility index (Phi) is 6.52. The first-order chi connectivity index (χ1) is 9.54. The van der Waals surface area contributed by atoms with Gasteiger partial charge in [0, 0.05) is 25.9 Å². The van der Waals surface area contributed by atoms with Gasteiger partial charge in [0.25, 0.3) is 0 Å². The molecule has 0 aliphatic carbocycles. The van der Waals surface area contributed by atoms with Crippen molar-refractivity contribution in [3.63, 3.8) is 0 Å². The second kappa shape index (κ2) is 8.16. The van der Waals surface area contributed by atoms with E-state index in [2.05, 4.69) is 5.32 Å². The summed E-state index contributed by atoms with van der Waals surface area (Å²) in [5.41, 5.74) is 1.75. The highest BCUT2D eigenvalue weighted by atomic mass is 16.5. The molecule has 0 fully saturated rings. The molecule has 20 heavy (non-hydrogen) atoms. The molecule has 0 aliphatic heterocycles. The second-order valence-corrected chi connectivity index (χ2v) is 4.36. The van der Waals surface area contributed by atoms with Gasteiger partial charge in [0.05, 0.1) is 13.0 Å². The van der Waals surface area contributed by atoms with E-state index in [0.29, 0.717) is 18.8 Å². The van der Waals surface area contributed by atoms with Crippen molar-refractivity contribution in [2.24, 2.45) is 0 Å². The molecule has 0 heterocycles. The highest BCUT2D eigenvalue weighted by molar-refractivity contribution is 5.92. The van der Waals surface area contributed by atoms with Crippen LogP contribution in [-0.4, -0.2) is 43.9 Å². The summed E-state index contributed by atoms with van der Waals surface area (Å²) in [5.74, 6) is -0.938. The monoisotopic (exact) mass is 280 g/mol. The Hall–Kier alpha value is -2.08. The maximum Gasteiger partial charge on any atom is 0.321 e. The molecule has 0 atom stereocenters. The molecule has 0 aliphatic rings. The smallest absolute Gasteiger partial charge is 0.321 e. The highest BCUT2D eigenvalue weighted by Gasteiger charge is 2.16. The number of benzene rings is 1. The van der Waals surface area contributed by atoms with Gasteiger partial charge < -0.3 is 15.2 Å². The number of hydrogen-bond acceptors (Lipinski definition) is 3. The Morgan fingerprint density at radius 2 is 1.95 bits per heavy atom. The van der Waals surface area contributed by atoms with Crippen molar-refractivity contribution in [2.45, 2.75) is 13.3 Å². The third-order valence-corrected chi connectivity index (χ3v) is 2.72. The van der Waals surface area contributed by atoms with E-state index < -0.39 is 5.97 Å². The Bertz CT molecular complexity index is 445. The van der Waals surface area contributed by atoms with Crippen LogP contribution < -0.4 is 10.2 Å². The van der Waals surface area contributed by atoms with Gasteiger partial charge in [-0.05, 0) is 19.1 Å². The van der Waals surface area contributed by atoms with Crippen LogP contribution >= 0.6 is 0 Å². The Labute approximate surface area is 118 Å². The number of carbonyl (C=O) groups is 2. The SMILES string of the molecule is COCCNC(=O)N(CCC(=O)O)c1ccc(C)cc1. The van der Waals surface area contributed by atoms with Crippen molar-refractivity contribution in [1.82, 2.24) is 5.32 Å². The van der Waals surface area contributed by atoms with Gasteiger partial charge in [0.1, 0.15) is 0 Å². The summed E-state index contributed by atoms with van der Waals surface area (Å²) in [4.78, 5) is 24.2. The third kappa shape index (κ3) is 5.27. The van der Waals surface area contributed by atoms with Crippen LogP contribution in [0.3, 0.4) is 0 Å². The van der Waals surface area contributed by atoms with Gasteiger partial charge in [-0.1, -0.05) is 17.7 Å². The number of nitrogens with zero attached hydrogens (tertiary/aromatic N) is 1. The van der Waals surface area contributed by atoms with E-state index in [4.69, 9.17) is 9.84 Å². The van der Waals surface area contributed by atoms with Crippen molar-refractivity contribution in [3.8, 4) is 0 Å². The van der Waals surface area contributed by atoms with E-state index >= 15 is 0 Å². The van der Waals surface area contributed by atoms with Crippen LogP contribution in [0.4, 0.5) is 10.5 Å². The summed E-state index contributed by atoms with van der Waals surface area (Å²) in [5, 5.41) is 11.5. The van der Waals surface area contributed by atoms with Crippen LogP contribution in [0.5, 0.6) is 0 Å². The molecule has 0 aromatic heterocycles. The van der Waals surface area contributed by atoms with Gasteiger partial charge >= 0.3 is 12.0 Å². The highest BCUT2D eigenvalue weighted by Crippen LogP contribution is 2.15. The number of methoxy groups -OCH3 is 1. The van der Waals surface area contributed by atoms with Crippen molar-refractivity contribution in [3.05, 3.63) is 29.8 Å². The van der Waals surface area contributed by atoms with Crippen LogP contribution in [0.2, 0.25) is 0 Å². The number of nitrogens with one attached hydrogen (secondary N) is 1. The fourth-order valence-electron chi connectivity index (χ4n) is 1.64. The molecule has 0 radical (unpaired) electrons. The standard InChI is InChI=1S/C14H20N2O4/c1-11-3-5-12(6-4-11)16(9-7-13(17)18)14(19)15-8-10-20-2/h3-6H,7-10H2,1-2H3,(H,15,19)(H,17,18). The number of carbonyl (C=O) groups excluding carboxylic acids is 1. The third-order valence-electron chi connectivity index (χ3n) is 2.72. The Morgan fingerprint density at radius 3 is 2.50 bits per heavy atom. The number of rotatable bonds is 7. The number of hydrogen-bond donors (Lipinski definition) is 2. The minimum atomic E-state index is -0.938. The molecule has 0 bridgehead atoms. The number of carboxylic acids is 1. The lowest BCUT2D eigenvalue weighted by molar-refractivity contribution is -0.136. The molecular weight excluding hydrogens is 260 g/mol. The summed E-state index contributed by atoms with van der Waals surface area (Å²) in [6, 6.07) is 7.03. The van der Waals surface area contributed by atoms with Gasteiger partial charge in [0.15, 0.2) is 0 Å². The predicted molar refractivity (Wildman–Crippen MR) is 76.1 cm³/mol. The topological polar surface area (TPSA) is 78.9 Å². The predicted octanol–water partition coefficient (Wildman–Crippen LogP) is 1.63. The molecule has 2 amide bonds. The molecular formula is C14H20N2O4. The van der Waals surface area contributed by atoms with E-state index in [1.807, 2.05) is 19.1 Å². The van der Waals surface area contributed by atoms with Crippen molar-refractivity contribution < 1.29 is 19.4 Å². The molecule has 1 aromatic carbocycles. The Morgan fingerprint density at radius 1 is 1.30 bits per heavy atom. The van der Waals surface area contributed by atoms with Crippen LogP contribution in [0.15, 0.2) is 24.3 Å². The average molecular weight is 280 g/mol. The van der Waals surface area contributed by atoms with Gasteiger partial charge in [-0.3, -0.25) is 9.69 Å². The van der Waals surface area contributed by atoms with Gasteiger partial charge in [0.2, 0.25) is 0 Å². The first-order valence-electron chi connectivity index (χ1n) is 6.37. The van der Waals surface area contributed by atoms with E-state index in [1.54, 1.807) is 19.2 Å². The number of anilines is 1. The molecule has 110 valence electrons. The normalized spacial score (nSPS) is 10.1. The lowest BCUT2D eigenvalue weighted by Crippen LogP contribution is -2.42. The lowest BCUT2D eigenvalue weighted by Gasteiger charge is -2.22. The summed E-state index contributed by atoms with van der Waals surface area (Å²) in [7, 11) is 1.55. The van der Waals surface area contributed by atoms with Crippen LogP contribution in [0.1, 0.15) is 12.0 Å². The van der Waals surface area contributed by atoms with E-state index in [9.17, 15) is 9.59 Å². The van der Waals surface area contributed by atoms with Crippen molar-refractivity contribution >= 4 is 17.7 Å². The summed E-state index contributed by atoms with van der Waals surface area (Å²) < 4.78 is 4.86. The average Bonchev–Trinajstić information content (AvgIpc) is 2.41. The van der Waals surface area contributed by atoms with Gasteiger partial charge in [-0.2, -0.15) is 0 Å². The first-order valence-corrected chi connectivity index (χ1v) is 6.37. The van der Waals surface area contributed by atoms with Gasteiger partial charge in [-0.25, -0.2) is 4.79 Å². The van der Waals surface area contributed by atoms with E-state index in [-0.39, 0.29) is 19.0 Å². The molecule has 2 N–H and O–H groups in total. The quantitative estimate of drug-likeness (QED) is 0.744. The summed E-state index contributed by atoms with van der Waals surface area (Å²) >= 11 is 0. The lowest BCUT2D eigenvalue weighted by atomic mass is 10.2. The molecule has 1 rings (SSSR count). The molecule has 6 nitrogen and oxygen atoms in total. The fraction of sp³-hybridized carbons (Fsp3) is 0.429. The minimum absolute atomic E-state index is 0.106. The minimum Gasteiger partial charge on any atom is -0.481 e. The fourth-order valence-corrected chi connectivity index (χ4v) is 1.64. The summed E-state index contributed by atoms with van der Waals surface area (Å²) in [6.45, 7) is 2.86. The number of carboxylic acid groups (broad SMARTS) is 1. The van der Waals surface area contributed by atoms with E-state index in [1.165, 1.54) is 4.90 Å². The number of urea groups is 1. The van der Waals surface area contributed by atoms with Crippen molar-refractivity contribution in [2.75, 3.05) is 31.7 Å². The molecule has 0 spiro atoms. The molecule has 0 saturated heterocycles. The molecule has 6 heteroatoms. The molecule has 0 saturated carbocycles. The van der Waals surface area contributed by atoms with Crippen LogP contribution in [-0.2, 0) is 9.53 Å². The second-order valence-electron chi connectivity index (χ2n) is 4.36. The maximum absolute atomic E-state index is 12.1. The summed E-state index contributed by atoms with van der Waals surface area (Å²) in [6.07, 6.45) is -0.106. The van der Waals surface area contributed by atoms with Gasteiger partial charge in [-0.15, -0.1) is 0 Å². The Balaban J connectivity index is 2.75. The zero-order valence-electron chi connectivity index (χ0n) is 11.8. The van der Waals surface area contributed by atoms with Crippen LogP contribution in [0.25, 0.3) is 0 Å². The van der Waals surface area contributed by atoms with E-state index in [0.717, 1.165) is 5.56 Å². The zero-order chi connectivity index (χ0) is 15.0. The zero-order valence-corrected chi connectivity index (χ0v) is 11.8. The number of amides is 2. The largest absolute Gasteiger partial charge is 0.481 e. The molecule has 0 unspecified atom stereocenters.